The van der Waals surface area contributed by atoms with Gasteiger partial charge in [0.05, 0.1) is 12.2 Å². The summed E-state index contributed by atoms with van der Waals surface area (Å²) in [6.07, 6.45) is 6.16. The van der Waals surface area contributed by atoms with Crippen molar-refractivity contribution in [2.45, 2.75) is 39.0 Å². The Bertz CT molecular complexity index is 888. The Morgan fingerprint density at radius 2 is 2.15 bits per heavy atom. The predicted octanol–water partition coefficient (Wildman–Crippen LogP) is 5.67. The number of thiophene rings is 1. The van der Waals surface area contributed by atoms with Crippen molar-refractivity contribution < 1.29 is 14.3 Å². The molecule has 1 aromatic heterocycles. The first-order chi connectivity index (χ1) is 13.0. The largest absolute Gasteiger partial charge is 0.462 e. The van der Waals surface area contributed by atoms with Gasteiger partial charge in [0.15, 0.2) is 0 Å². The summed E-state index contributed by atoms with van der Waals surface area (Å²) in [5, 5.41) is 4.01. The van der Waals surface area contributed by atoms with Crippen molar-refractivity contribution in [2.24, 2.45) is 0 Å². The van der Waals surface area contributed by atoms with Gasteiger partial charge in [-0.15, -0.1) is 11.3 Å². The van der Waals surface area contributed by atoms with Crippen molar-refractivity contribution >= 4 is 45.9 Å². The minimum absolute atomic E-state index is 0.286. The average Bonchev–Trinajstić information content (AvgIpc) is 3.00. The monoisotopic (exact) mass is 403 g/mol. The summed E-state index contributed by atoms with van der Waals surface area (Å²) in [5.74, 6) is -0.380. The Labute approximate surface area is 168 Å². The van der Waals surface area contributed by atoms with E-state index in [-0.39, 0.29) is 17.8 Å². The van der Waals surface area contributed by atoms with Crippen LogP contribution in [0, 0.1) is 0 Å². The number of carbonyl (C=O) groups is 2. The molecule has 142 valence electrons. The number of esters is 1. The van der Waals surface area contributed by atoms with Crippen LogP contribution in [0.3, 0.4) is 0 Å². The quantitative estimate of drug-likeness (QED) is 0.516. The van der Waals surface area contributed by atoms with Crippen LogP contribution in [0.2, 0.25) is 5.02 Å². The van der Waals surface area contributed by atoms with Crippen molar-refractivity contribution in [3.63, 3.8) is 0 Å². The number of hydrogen-bond donors (Lipinski definition) is 1. The second-order valence-corrected chi connectivity index (χ2v) is 8.01. The highest BCUT2D eigenvalue weighted by atomic mass is 35.5. The fourth-order valence-corrected chi connectivity index (χ4v) is 4.89. The van der Waals surface area contributed by atoms with E-state index in [9.17, 15) is 9.59 Å². The zero-order valence-electron chi connectivity index (χ0n) is 15.4. The Morgan fingerprint density at radius 3 is 2.89 bits per heavy atom. The summed E-state index contributed by atoms with van der Waals surface area (Å²) < 4.78 is 5.25. The Morgan fingerprint density at radius 1 is 1.37 bits per heavy atom. The standard InChI is InChI=1S/C21H22ClNO3S/c1-3-26-21(25)19-18-13(2)7-6-10-16(18)27-20(19)23-17(24)12-11-14-8-4-5-9-15(14)22/h4-5,8-9,11-13H,3,6-7,10H2,1-2H3,(H,23,24). The smallest absolute Gasteiger partial charge is 0.341 e. The number of hydrogen-bond acceptors (Lipinski definition) is 4. The Balaban J connectivity index is 1.86. The molecule has 0 saturated carbocycles. The Kier molecular flexibility index (Phi) is 6.34. The molecule has 1 atom stereocenters. The van der Waals surface area contributed by atoms with Crippen LogP contribution >= 0.6 is 22.9 Å². The topological polar surface area (TPSA) is 55.4 Å². The third-order valence-corrected chi connectivity index (χ3v) is 6.12. The minimum Gasteiger partial charge on any atom is -0.462 e. The predicted molar refractivity (Wildman–Crippen MR) is 111 cm³/mol. The van der Waals surface area contributed by atoms with Gasteiger partial charge in [-0.3, -0.25) is 4.79 Å². The van der Waals surface area contributed by atoms with Gasteiger partial charge >= 0.3 is 5.97 Å². The maximum absolute atomic E-state index is 12.5. The number of aryl methyl sites for hydroxylation is 1. The fraction of sp³-hybridized carbons (Fsp3) is 0.333. The Hall–Kier alpha value is -2.11. The van der Waals surface area contributed by atoms with Crippen LogP contribution in [-0.2, 0) is 16.0 Å². The summed E-state index contributed by atoms with van der Waals surface area (Å²) in [5.41, 5.74) is 2.32. The van der Waals surface area contributed by atoms with Crippen molar-refractivity contribution in [1.82, 2.24) is 0 Å². The summed E-state index contributed by atoms with van der Waals surface area (Å²) in [6.45, 7) is 4.21. The van der Waals surface area contributed by atoms with E-state index in [0.29, 0.717) is 22.2 Å². The average molecular weight is 404 g/mol. The lowest BCUT2D eigenvalue weighted by atomic mass is 9.86. The van der Waals surface area contributed by atoms with E-state index in [1.54, 1.807) is 19.1 Å². The van der Waals surface area contributed by atoms with Gasteiger partial charge in [-0.05, 0) is 55.4 Å². The van der Waals surface area contributed by atoms with Gasteiger partial charge in [-0.25, -0.2) is 4.79 Å². The van der Waals surface area contributed by atoms with Crippen LogP contribution in [0.4, 0.5) is 5.00 Å². The molecule has 6 heteroatoms. The van der Waals surface area contributed by atoms with E-state index in [1.165, 1.54) is 22.3 Å². The van der Waals surface area contributed by atoms with Crippen molar-refractivity contribution in [1.29, 1.82) is 0 Å². The third kappa shape index (κ3) is 4.42. The molecule has 1 heterocycles. The van der Waals surface area contributed by atoms with E-state index in [4.69, 9.17) is 16.3 Å². The van der Waals surface area contributed by atoms with Crippen molar-refractivity contribution in [2.75, 3.05) is 11.9 Å². The normalized spacial score (nSPS) is 16.2. The SMILES string of the molecule is CCOC(=O)c1c(NC(=O)C=Cc2ccccc2Cl)sc2c1C(C)CCC2. The first-order valence-corrected chi connectivity index (χ1v) is 10.3. The van der Waals surface area contributed by atoms with Crippen LogP contribution in [0.1, 0.15) is 59.0 Å². The van der Waals surface area contributed by atoms with Crippen molar-refractivity contribution in [3.8, 4) is 0 Å². The fourth-order valence-electron chi connectivity index (χ4n) is 3.33. The van der Waals surface area contributed by atoms with E-state index < -0.39 is 0 Å². The van der Waals surface area contributed by atoms with Crippen LogP contribution in [0.5, 0.6) is 0 Å². The van der Waals surface area contributed by atoms with Gasteiger partial charge in [-0.1, -0.05) is 36.7 Å². The molecule has 1 aliphatic rings. The first kappa shape index (κ1) is 19.6. The molecule has 2 aromatic rings. The summed E-state index contributed by atoms with van der Waals surface area (Å²) in [7, 11) is 0. The maximum Gasteiger partial charge on any atom is 0.341 e. The molecule has 3 rings (SSSR count). The number of carbonyl (C=O) groups excluding carboxylic acids is 2. The van der Waals surface area contributed by atoms with E-state index >= 15 is 0 Å². The van der Waals surface area contributed by atoms with E-state index in [2.05, 4.69) is 12.2 Å². The molecule has 1 N–H and O–H groups in total. The number of anilines is 1. The van der Waals surface area contributed by atoms with Crippen LogP contribution < -0.4 is 5.32 Å². The molecule has 0 bridgehead atoms. The first-order valence-electron chi connectivity index (χ1n) is 9.07. The van der Waals surface area contributed by atoms with Crippen LogP contribution in [0.15, 0.2) is 30.3 Å². The van der Waals surface area contributed by atoms with Crippen molar-refractivity contribution in [3.05, 3.63) is 56.9 Å². The molecule has 1 aromatic carbocycles. The molecule has 0 saturated heterocycles. The second kappa shape index (κ2) is 8.72. The number of rotatable bonds is 5. The molecule has 4 nitrogen and oxygen atoms in total. The van der Waals surface area contributed by atoms with Crippen LogP contribution in [-0.4, -0.2) is 18.5 Å². The van der Waals surface area contributed by atoms with Crippen LogP contribution in [0.25, 0.3) is 6.08 Å². The highest BCUT2D eigenvalue weighted by molar-refractivity contribution is 7.17. The van der Waals surface area contributed by atoms with Gasteiger partial charge < -0.3 is 10.1 Å². The van der Waals surface area contributed by atoms with Gasteiger partial charge in [-0.2, -0.15) is 0 Å². The number of halogens is 1. The molecular weight excluding hydrogens is 382 g/mol. The van der Waals surface area contributed by atoms with Gasteiger partial charge in [0.1, 0.15) is 5.00 Å². The molecule has 1 aliphatic carbocycles. The van der Waals surface area contributed by atoms with Gasteiger partial charge in [0.2, 0.25) is 5.91 Å². The number of amides is 1. The number of benzene rings is 1. The van der Waals surface area contributed by atoms with Gasteiger partial charge in [0.25, 0.3) is 0 Å². The van der Waals surface area contributed by atoms with Gasteiger partial charge in [0, 0.05) is 16.0 Å². The number of fused-ring (bicyclic) bond motifs is 1. The molecule has 0 spiro atoms. The summed E-state index contributed by atoms with van der Waals surface area (Å²) in [4.78, 5) is 26.2. The molecule has 0 radical (unpaired) electrons. The molecule has 1 amide bonds. The zero-order chi connectivity index (χ0) is 19.4. The highest BCUT2D eigenvalue weighted by Gasteiger charge is 2.30. The lowest BCUT2D eigenvalue weighted by molar-refractivity contribution is -0.111. The third-order valence-electron chi connectivity index (χ3n) is 4.59. The zero-order valence-corrected chi connectivity index (χ0v) is 17.0. The molecule has 0 fully saturated rings. The van der Waals surface area contributed by atoms with E-state index in [0.717, 1.165) is 30.4 Å². The molecule has 0 aliphatic heterocycles. The second-order valence-electron chi connectivity index (χ2n) is 6.50. The molecule has 27 heavy (non-hydrogen) atoms. The maximum atomic E-state index is 12.5. The molecule has 1 unspecified atom stereocenters. The summed E-state index contributed by atoms with van der Waals surface area (Å²) >= 11 is 7.59. The van der Waals surface area contributed by atoms with E-state index in [1.807, 2.05) is 18.2 Å². The number of nitrogens with one attached hydrogen (secondary N) is 1. The highest BCUT2D eigenvalue weighted by Crippen LogP contribution is 2.43. The summed E-state index contributed by atoms with van der Waals surface area (Å²) in [6, 6.07) is 7.30. The molecular formula is C21H22ClNO3S. The number of ether oxygens (including phenoxy) is 1. The lowest BCUT2D eigenvalue weighted by Crippen LogP contribution is -2.15. The lowest BCUT2D eigenvalue weighted by Gasteiger charge is -2.19. The minimum atomic E-state index is -0.367.